The third-order valence-corrected chi connectivity index (χ3v) is 4.12. The maximum Gasteiger partial charge on any atom is 0.263 e. The van der Waals surface area contributed by atoms with Gasteiger partial charge in [-0.05, 0) is 30.7 Å². The Morgan fingerprint density at radius 2 is 2.27 bits per heavy atom. The molecule has 0 spiro atoms. The van der Waals surface area contributed by atoms with E-state index in [2.05, 4.69) is 15.3 Å². The van der Waals surface area contributed by atoms with Gasteiger partial charge < -0.3 is 9.40 Å². The molecule has 0 fully saturated rings. The third-order valence-electron chi connectivity index (χ3n) is 3.06. The van der Waals surface area contributed by atoms with Crippen LogP contribution < -0.4 is 10.9 Å². The van der Waals surface area contributed by atoms with E-state index in [1.165, 1.54) is 23.7 Å². The molecule has 112 valence electrons. The lowest BCUT2D eigenvalue weighted by molar-refractivity contribution is 0.102. The Labute approximate surface area is 129 Å². The normalized spacial score (nSPS) is 10.6. The zero-order chi connectivity index (χ0) is 15.5. The van der Waals surface area contributed by atoms with E-state index in [9.17, 15) is 9.59 Å². The maximum absolute atomic E-state index is 12.1. The number of pyridine rings is 1. The summed E-state index contributed by atoms with van der Waals surface area (Å²) in [4.78, 5) is 32.0. The lowest BCUT2D eigenvalue weighted by Crippen LogP contribution is -2.23. The van der Waals surface area contributed by atoms with E-state index >= 15 is 0 Å². The molecule has 0 aliphatic rings. The molecule has 0 atom stereocenters. The first-order chi connectivity index (χ1) is 10.7. The van der Waals surface area contributed by atoms with Crippen LogP contribution in [-0.2, 0) is 6.42 Å². The van der Waals surface area contributed by atoms with Crippen LogP contribution in [0.2, 0.25) is 0 Å². The van der Waals surface area contributed by atoms with E-state index in [0.29, 0.717) is 16.6 Å². The Kier molecular flexibility index (Phi) is 3.88. The van der Waals surface area contributed by atoms with Crippen molar-refractivity contribution in [3.63, 3.8) is 0 Å². The number of aryl methyl sites for hydroxylation is 1. The van der Waals surface area contributed by atoms with Gasteiger partial charge >= 0.3 is 0 Å². The molecule has 7 heteroatoms. The van der Waals surface area contributed by atoms with Crippen LogP contribution >= 0.6 is 11.3 Å². The SMILES string of the molecule is CCc1cnc(NC(=O)c2ccc(-c3ccco3)[nH]c2=O)s1. The number of carbonyl (C=O) groups excluding carboxylic acids is 1. The second-order valence-electron chi connectivity index (χ2n) is 4.53. The number of furan rings is 1. The topological polar surface area (TPSA) is 88.0 Å². The summed E-state index contributed by atoms with van der Waals surface area (Å²) in [6, 6.07) is 6.56. The summed E-state index contributed by atoms with van der Waals surface area (Å²) >= 11 is 1.39. The van der Waals surface area contributed by atoms with Crippen molar-refractivity contribution in [1.29, 1.82) is 0 Å². The van der Waals surface area contributed by atoms with Crippen LogP contribution in [0.15, 0.2) is 45.9 Å². The fraction of sp³-hybridized carbons (Fsp3) is 0.133. The number of aromatic amines is 1. The average Bonchev–Trinajstić information content (AvgIpc) is 3.18. The minimum absolute atomic E-state index is 0.0311. The first kappa shape index (κ1) is 14.3. The summed E-state index contributed by atoms with van der Waals surface area (Å²) in [5.41, 5.74) is 0.0799. The first-order valence-corrected chi connectivity index (χ1v) is 7.52. The Bertz CT molecular complexity index is 849. The number of hydrogen-bond donors (Lipinski definition) is 2. The third kappa shape index (κ3) is 2.84. The van der Waals surface area contributed by atoms with E-state index in [1.54, 1.807) is 24.4 Å². The van der Waals surface area contributed by atoms with Gasteiger partial charge in [-0.1, -0.05) is 6.92 Å². The number of carbonyl (C=O) groups is 1. The number of H-pyrrole nitrogens is 1. The Balaban J connectivity index is 1.82. The Morgan fingerprint density at radius 1 is 1.41 bits per heavy atom. The number of rotatable bonds is 4. The van der Waals surface area contributed by atoms with Crippen molar-refractivity contribution in [1.82, 2.24) is 9.97 Å². The van der Waals surface area contributed by atoms with Gasteiger partial charge in [0.25, 0.3) is 11.5 Å². The molecule has 0 bridgehead atoms. The van der Waals surface area contributed by atoms with Crippen LogP contribution in [0.25, 0.3) is 11.5 Å². The van der Waals surface area contributed by atoms with Crippen molar-refractivity contribution in [3.8, 4) is 11.5 Å². The maximum atomic E-state index is 12.1. The fourth-order valence-electron chi connectivity index (χ4n) is 1.92. The summed E-state index contributed by atoms with van der Waals surface area (Å²) in [5, 5.41) is 3.12. The van der Waals surface area contributed by atoms with Crippen molar-refractivity contribution in [2.24, 2.45) is 0 Å². The van der Waals surface area contributed by atoms with Crippen LogP contribution in [0.5, 0.6) is 0 Å². The predicted octanol–water partition coefficient (Wildman–Crippen LogP) is 2.91. The average molecular weight is 315 g/mol. The van der Waals surface area contributed by atoms with Crippen LogP contribution in [-0.4, -0.2) is 15.9 Å². The van der Waals surface area contributed by atoms with Gasteiger partial charge in [-0.2, -0.15) is 0 Å². The van der Waals surface area contributed by atoms with Gasteiger partial charge in [-0.25, -0.2) is 4.98 Å². The van der Waals surface area contributed by atoms with Crippen LogP contribution in [0.4, 0.5) is 5.13 Å². The van der Waals surface area contributed by atoms with Gasteiger partial charge in [-0.3, -0.25) is 14.9 Å². The molecule has 22 heavy (non-hydrogen) atoms. The highest BCUT2D eigenvalue weighted by Crippen LogP contribution is 2.19. The summed E-state index contributed by atoms with van der Waals surface area (Å²) in [6.07, 6.45) is 4.08. The molecule has 0 saturated carbocycles. The minimum atomic E-state index is -0.482. The Hall–Kier alpha value is -2.67. The highest BCUT2D eigenvalue weighted by Gasteiger charge is 2.14. The smallest absolute Gasteiger partial charge is 0.263 e. The molecule has 3 rings (SSSR count). The van der Waals surface area contributed by atoms with Gasteiger partial charge in [0.05, 0.1) is 12.0 Å². The molecule has 0 unspecified atom stereocenters. The van der Waals surface area contributed by atoms with Crippen molar-refractivity contribution in [2.75, 3.05) is 5.32 Å². The van der Waals surface area contributed by atoms with Gasteiger partial charge in [0.15, 0.2) is 5.13 Å². The van der Waals surface area contributed by atoms with Crippen molar-refractivity contribution in [3.05, 3.63) is 57.5 Å². The second kappa shape index (κ2) is 5.98. The lowest BCUT2D eigenvalue weighted by atomic mass is 10.2. The lowest BCUT2D eigenvalue weighted by Gasteiger charge is -2.02. The van der Waals surface area contributed by atoms with Crippen molar-refractivity contribution >= 4 is 22.4 Å². The molecular formula is C15H13N3O3S. The fourth-order valence-corrected chi connectivity index (χ4v) is 2.67. The molecule has 0 aromatic carbocycles. The van der Waals surface area contributed by atoms with Crippen LogP contribution in [0.3, 0.4) is 0 Å². The molecule has 1 amide bonds. The van der Waals surface area contributed by atoms with Gasteiger partial charge in [0, 0.05) is 11.1 Å². The Morgan fingerprint density at radius 3 is 2.91 bits per heavy atom. The summed E-state index contributed by atoms with van der Waals surface area (Å²) in [7, 11) is 0. The molecular weight excluding hydrogens is 302 g/mol. The van der Waals surface area contributed by atoms with Gasteiger partial charge in [0.1, 0.15) is 11.3 Å². The number of amides is 1. The summed E-state index contributed by atoms with van der Waals surface area (Å²) < 4.78 is 5.21. The van der Waals surface area contributed by atoms with Crippen LogP contribution in [0, 0.1) is 0 Å². The molecule has 3 heterocycles. The summed E-state index contributed by atoms with van der Waals surface area (Å²) in [6.45, 7) is 2.01. The number of nitrogens with zero attached hydrogens (tertiary/aromatic N) is 1. The first-order valence-electron chi connectivity index (χ1n) is 6.70. The molecule has 3 aromatic rings. The van der Waals surface area contributed by atoms with E-state index < -0.39 is 11.5 Å². The number of anilines is 1. The molecule has 0 aliphatic heterocycles. The molecule has 3 aromatic heterocycles. The predicted molar refractivity (Wildman–Crippen MR) is 84.2 cm³/mol. The number of nitrogens with one attached hydrogen (secondary N) is 2. The number of hydrogen-bond acceptors (Lipinski definition) is 5. The van der Waals surface area contributed by atoms with Gasteiger partial charge in [-0.15, -0.1) is 11.3 Å². The van der Waals surface area contributed by atoms with E-state index in [1.807, 2.05) is 6.92 Å². The monoisotopic (exact) mass is 315 g/mol. The largest absolute Gasteiger partial charge is 0.463 e. The van der Waals surface area contributed by atoms with E-state index in [4.69, 9.17) is 4.42 Å². The molecule has 0 radical (unpaired) electrons. The highest BCUT2D eigenvalue weighted by atomic mass is 32.1. The van der Waals surface area contributed by atoms with Gasteiger partial charge in [0.2, 0.25) is 0 Å². The van der Waals surface area contributed by atoms with E-state index in [-0.39, 0.29) is 5.56 Å². The standard InChI is InChI=1S/C15H13N3O3S/c1-2-9-8-16-15(22-9)18-14(20)10-5-6-11(17-13(10)19)12-4-3-7-21-12/h3-8H,2H2,1H3,(H,17,19)(H,16,18,20). The highest BCUT2D eigenvalue weighted by molar-refractivity contribution is 7.15. The quantitative estimate of drug-likeness (QED) is 0.775. The van der Waals surface area contributed by atoms with Crippen LogP contribution in [0.1, 0.15) is 22.2 Å². The zero-order valence-corrected chi connectivity index (χ0v) is 12.6. The number of aromatic nitrogens is 2. The zero-order valence-electron chi connectivity index (χ0n) is 11.8. The molecule has 2 N–H and O–H groups in total. The van der Waals surface area contributed by atoms with Crippen molar-refractivity contribution in [2.45, 2.75) is 13.3 Å². The second-order valence-corrected chi connectivity index (χ2v) is 5.65. The molecule has 0 saturated heterocycles. The summed E-state index contributed by atoms with van der Waals surface area (Å²) in [5.74, 6) is 0.0563. The molecule has 0 aliphatic carbocycles. The van der Waals surface area contributed by atoms with Crippen molar-refractivity contribution < 1.29 is 9.21 Å². The molecule has 6 nitrogen and oxygen atoms in total. The minimum Gasteiger partial charge on any atom is -0.463 e. The van der Waals surface area contributed by atoms with E-state index in [0.717, 1.165) is 11.3 Å². The number of thiazole rings is 1.